The van der Waals surface area contributed by atoms with E-state index in [0.717, 1.165) is 42.7 Å². The van der Waals surface area contributed by atoms with Crippen molar-refractivity contribution < 1.29 is 0 Å². The van der Waals surface area contributed by atoms with Crippen LogP contribution in [-0.2, 0) is 6.42 Å². The summed E-state index contributed by atoms with van der Waals surface area (Å²) in [7, 11) is 0. The minimum absolute atomic E-state index is 0.532. The Bertz CT molecular complexity index is 646. The average molecular weight is 346 g/mol. The van der Waals surface area contributed by atoms with E-state index in [1.165, 1.54) is 24.8 Å². The molecule has 0 amide bonds. The highest BCUT2D eigenvalue weighted by atomic mass is 35.5. The quantitative estimate of drug-likeness (QED) is 0.859. The Balaban J connectivity index is 1.59. The van der Waals surface area contributed by atoms with Crippen molar-refractivity contribution in [3.05, 3.63) is 41.0 Å². The highest BCUT2D eigenvalue weighted by Crippen LogP contribution is 2.23. The number of piperidine rings is 1. The van der Waals surface area contributed by atoms with Gasteiger partial charge >= 0.3 is 0 Å². The zero-order chi connectivity index (χ0) is 16.8. The maximum Gasteiger partial charge on any atom is 0.247 e. The lowest BCUT2D eigenvalue weighted by molar-refractivity contribution is 0.442. The number of benzene rings is 1. The lowest BCUT2D eigenvalue weighted by atomic mass is 10.0. The predicted molar refractivity (Wildman–Crippen MR) is 98.7 cm³/mol. The third kappa shape index (κ3) is 4.35. The number of hydrogen-bond donors (Lipinski definition) is 1. The van der Waals surface area contributed by atoms with Gasteiger partial charge in [-0.05, 0) is 49.8 Å². The lowest BCUT2D eigenvalue weighted by Gasteiger charge is -2.34. The Hall–Kier alpha value is -1.88. The van der Waals surface area contributed by atoms with E-state index in [1.54, 1.807) is 6.20 Å². The third-order valence-electron chi connectivity index (χ3n) is 4.54. The zero-order valence-corrected chi connectivity index (χ0v) is 14.8. The first-order valence-corrected chi connectivity index (χ1v) is 9.08. The summed E-state index contributed by atoms with van der Waals surface area (Å²) in [5.41, 5.74) is 1.25. The molecule has 1 fully saturated rings. The molecule has 6 heteroatoms. The van der Waals surface area contributed by atoms with Crippen LogP contribution in [0.25, 0.3) is 0 Å². The van der Waals surface area contributed by atoms with Gasteiger partial charge in [-0.15, -0.1) is 5.10 Å². The molecule has 2 aromatic rings. The van der Waals surface area contributed by atoms with E-state index in [0.29, 0.717) is 6.04 Å². The van der Waals surface area contributed by atoms with Crippen LogP contribution in [0.5, 0.6) is 0 Å². The fraction of sp³-hybridized carbons (Fsp3) is 0.500. The van der Waals surface area contributed by atoms with Crippen molar-refractivity contribution in [1.29, 1.82) is 0 Å². The van der Waals surface area contributed by atoms with Crippen molar-refractivity contribution in [2.45, 2.75) is 45.1 Å². The van der Waals surface area contributed by atoms with Crippen molar-refractivity contribution in [2.24, 2.45) is 0 Å². The zero-order valence-electron chi connectivity index (χ0n) is 14.1. The molecule has 0 aliphatic carbocycles. The molecule has 2 heterocycles. The van der Waals surface area contributed by atoms with Gasteiger partial charge in [-0.25, -0.2) is 0 Å². The highest BCUT2D eigenvalue weighted by molar-refractivity contribution is 6.30. The standard InChI is InChI=1S/C18H24ClN5/c1-2-16-5-3-4-12-24(16)18-22-17(13-21-23-18)20-11-10-14-6-8-15(19)9-7-14/h6-9,13,16H,2-5,10-12H2,1H3,(H,20,22,23). The maximum absolute atomic E-state index is 5.91. The van der Waals surface area contributed by atoms with Gasteiger partial charge in [-0.3, -0.25) is 0 Å². The van der Waals surface area contributed by atoms with E-state index < -0.39 is 0 Å². The molecule has 0 radical (unpaired) electrons. The summed E-state index contributed by atoms with van der Waals surface area (Å²) in [6.45, 7) is 4.05. The van der Waals surface area contributed by atoms with Crippen LogP contribution in [0.15, 0.2) is 30.5 Å². The van der Waals surface area contributed by atoms with Crippen LogP contribution in [0.2, 0.25) is 5.02 Å². The summed E-state index contributed by atoms with van der Waals surface area (Å²) in [5, 5.41) is 12.5. The number of hydrogen-bond acceptors (Lipinski definition) is 5. The van der Waals surface area contributed by atoms with Crippen molar-refractivity contribution in [3.8, 4) is 0 Å². The van der Waals surface area contributed by atoms with Crippen molar-refractivity contribution >= 4 is 23.4 Å². The molecule has 24 heavy (non-hydrogen) atoms. The number of aromatic nitrogens is 3. The highest BCUT2D eigenvalue weighted by Gasteiger charge is 2.23. The first-order valence-electron chi connectivity index (χ1n) is 8.71. The van der Waals surface area contributed by atoms with Gasteiger partial charge in [0.1, 0.15) is 0 Å². The van der Waals surface area contributed by atoms with Crippen LogP contribution in [0.1, 0.15) is 38.2 Å². The van der Waals surface area contributed by atoms with Crippen molar-refractivity contribution in [1.82, 2.24) is 15.2 Å². The van der Waals surface area contributed by atoms with Gasteiger partial charge < -0.3 is 10.2 Å². The van der Waals surface area contributed by atoms with Crippen LogP contribution in [0, 0.1) is 0 Å². The molecular formula is C18H24ClN5. The van der Waals surface area contributed by atoms with Crippen molar-refractivity contribution in [2.75, 3.05) is 23.3 Å². The lowest BCUT2D eigenvalue weighted by Crippen LogP contribution is -2.40. The van der Waals surface area contributed by atoms with Gasteiger partial charge in [0, 0.05) is 24.2 Å². The van der Waals surface area contributed by atoms with Crippen LogP contribution in [-0.4, -0.2) is 34.3 Å². The molecule has 1 unspecified atom stereocenters. The Morgan fingerprint density at radius 3 is 2.88 bits per heavy atom. The van der Waals surface area contributed by atoms with Gasteiger partial charge in [-0.2, -0.15) is 10.1 Å². The number of halogens is 1. The molecule has 128 valence electrons. The summed E-state index contributed by atoms with van der Waals surface area (Å²) < 4.78 is 0. The Morgan fingerprint density at radius 1 is 1.25 bits per heavy atom. The molecule has 1 saturated heterocycles. The Kier molecular flexibility index (Phi) is 5.86. The van der Waals surface area contributed by atoms with E-state index in [1.807, 2.05) is 24.3 Å². The average Bonchev–Trinajstić information content (AvgIpc) is 2.63. The number of rotatable bonds is 6. The topological polar surface area (TPSA) is 53.9 Å². The molecule has 5 nitrogen and oxygen atoms in total. The molecule has 1 atom stereocenters. The molecule has 1 aliphatic rings. The second-order valence-corrected chi connectivity index (χ2v) is 6.63. The maximum atomic E-state index is 5.91. The summed E-state index contributed by atoms with van der Waals surface area (Å²) in [5.74, 6) is 1.53. The minimum atomic E-state index is 0.532. The van der Waals surface area contributed by atoms with E-state index >= 15 is 0 Å². The third-order valence-corrected chi connectivity index (χ3v) is 4.79. The first-order chi connectivity index (χ1) is 11.8. The summed E-state index contributed by atoms with van der Waals surface area (Å²) in [6, 6.07) is 8.47. The van der Waals surface area contributed by atoms with Crippen LogP contribution < -0.4 is 10.2 Å². The van der Waals surface area contributed by atoms with Crippen LogP contribution in [0.3, 0.4) is 0 Å². The molecule has 0 saturated carbocycles. The molecular weight excluding hydrogens is 322 g/mol. The molecule has 3 rings (SSSR count). The number of anilines is 2. The monoisotopic (exact) mass is 345 g/mol. The summed E-state index contributed by atoms with van der Waals surface area (Å²) >= 11 is 5.91. The smallest absolute Gasteiger partial charge is 0.247 e. The van der Waals surface area contributed by atoms with Crippen LogP contribution in [0.4, 0.5) is 11.8 Å². The molecule has 1 aliphatic heterocycles. The SMILES string of the molecule is CCC1CCCCN1c1nncc(NCCc2ccc(Cl)cc2)n1. The number of nitrogens with one attached hydrogen (secondary N) is 1. The minimum Gasteiger partial charge on any atom is -0.368 e. The van der Waals surface area contributed by atoms with Gasteiger partial charge in [0.25, 0.3) is 0 Å². The second kappa shape index (κ2) is 8.29. The largest absolute Gasteiger partial charge is 0.368 e. The molecule has 0 bridgehead atoms. The molecule has 1 aromatic heterocycles. The summed E-state index contributed by atoms with van der Waals surface area (Å²) in [4.78, 5) is 6.97. The van der Waals surface area contributed by atoms with Gasteiger partial charge in [-0.1, -0.05) is 30.7 Å². The van der Waals surface area contributed by atoms with E-state index in [-0.39, 0.29) is 0 Å². The first kappa shape index (κ1) is 17.0. The van der Waals surface area contributed by atoms with Crippen molar-refractivity contribution in [3.63, 3.8) is 0 Å². The van der Waals surface area contributed by atoms with Gasteiger partial charge in [0.2, 0.25) is 5.95 Å². The van der Waals surface area contributed by atoms with Gasteiger partial charge in [0.15, 0.2) is 5.82 Å². The fourth-order valence-corrected chi connectivity index (χ4v) is 3.30. The summed E-state index contributed by atoms with van der Waals surface area (Å²) in [6.07, 6.45) is 7.44. The second-order valence-electron chi connectivity index (χ2n) is 6.20. The van der Waals surface area contributed by atoms with Crippen LogP contribution >= 0.6 is 11.6 Å². The molecule has 1 N–H and O–H groups in total. The fourth-order valence-electron chi connectivity index (χ4n) is 3.18. The molecule has 1 aromatic carbocycles. The molecule has 0 spiro atoms. The number of nitrogens with zero attached hydrogens (tertiary/aromatic N) is 4. The Labute approximate surface area is 148 Å². The van der Waals surface area contributed by atoms with E-state index in [2.05, 4.69) is 32.3 Å². The van der Waals surface area contributed by atoms with Gasteiger partial charge in [0.05, 0.1) is 6.20 Å². The normalized spacial score (nSPS) is 17.8. The van der Waals surface area contributed by atoms with E-state index in [9.17, 15) is 0 Å². The Morgan fingerprint density at radius 2 is 2.08 bits per heavy atom. The predicted octanol–water partition coefficient (Wildman–Crippen LogP) is 3.95. The van der Waals surface area contributed by atoms with E-state index in [4.69, 9.17) is 11.6 Å².